The Bertz CT molecular complexity index is 720. The number of nitrogens with one attached hydrogen (secondary N) is 1. The average Bonchev–Trinajstić information content (AvgIpc) is 3.09. The number of carboxylic acid groups (broad SMARTS) is 1. The fourth-order valence-corrected chi connectivity index (χ4v) is 2.94. The number of pyridine rings is 1. The summed E-state index contributed by atoms with van der Waals surface area (Å²) in [6.45, 7) is 2.73. The summed E-state index contributed by atoms with van der Waals surface area (Å²) < 4.78 is 5.28. The molecule has 3 rings (SSSR count). The van der Waals surface area contributed by atoms with Crippen LogP contribution in [0.3, 0.4) is 0 Å². The monoisotopic (exact) mass is 327 g/mol. The van der Waals surface area contributed by atoms with E-state index in [9.17, 15) is 4.79 Å². The predicted octanol–water partition coefficient (Wildman–Crippen LogP) is 2.73. The first-order valence-corrected chi connectivity index (χ1v) is 7.99. The van der Waals surface area contributed by atoms with Crippen LogP contribution < -0.4 is 15.0 Å². The quantitative estimate of drug-likeness (QED) is 0.850. The Morgan fingerprint density at radius 3 is 3.00 bits per heavy atom. The highest BCUT2D eigenvalue weighted by molar-refractivity contribution is 5.85. The van der Waals surface area contributed by atoms with Crippen LogP contribution in [-0.4, -0.2) is 42.8 Å². The molecule has 1 unspecified atom stereocenters. The summed E-state index contributed by atoms with van der Waals surface area (Å²) >= 11 is 0. The Morgan fingerprint density at radius 2 is 2.21 bits per heavy atom. The first-order valence-electron chi connectivity index (χ1n) is 7.99. The topological polar surface area (TPSA) is 74.7 Å². The Labute approximate surface area is 141 Å². The van der Waals surface area contributed by atoms with E-state index in [4.69, 9.17) is 9.84 Å². The zero-order valence-electron chi connectivity index (χ0n) is 13.6. The molecule has 0 amide bonds. The number of ether oxygens (including phenoxy) is 1. The number of aromatic nitrogens is 1. The largest absolute Gasteiger partial charge is 0.497 e. The molecule has 1 saturated heterocycles. The van der Waals surface area contributed by atoms with Crippen LogP contribution in [0.4, 0.5) is 11.5 Å². The van der Waals surface area contributed by atoms with E-state index >= 15 is 0 Å². The van der Waals surface area contributed by atoms with E-state index in [0.717, 1.165) is 31.8 Å². The van der Waals surface area contributed by atoms with Crippen molar-refractivity contribution in [3.8, 4) is 5.75 Å². The molecule has 0 aliphatic carbocycles. The molecule has 1 fully saturated rings. The minimum absolute atomic E-state index is 0.0597. The van der Waals surface area contributed by atoms with Crippen LogP contribution in [0.25, 0.3) is 0 Å². The van der Waals surface area contributed by atoms with Crippen molar-refractivity contribution >= 4 is 17.5 Å². The average molecular weight is 327 g/mol. The number of anilines is 2. The summed E-state index contributed by atoms with van der Waals surface area (Å²) in [6.07, 6.45) is 1.09. The van der Waals surface area contributed by atoms with Crippen LogP contribution in [0.5, 0.6) is 5.75 Å². The maximum atomic E-state index is 11.0. The van der Waals surface area contributed by atoms with Crippen molar-refractivity contribution in [2.45, 2.75) is 6.42 Å². The number of carbonyl (C=O) groups is 1. The third-order valence-electron chi connectivity index (χ3n) is 4.24. The van der Waals surface area contributed by atoms with Crippen LogP contribution in [0.15, 0.2) is 42.5 Å². The van der Waals surface area contributed by atoms with E-state index in [0.29, 0.717) is 11.7 Å². The minimum Gasteiger partial charge on any atom is -0.497 e. The number of benzene rings is 1. The molecule has 0 spiro atoms. The van der Waals surface area contributed by atoms with Crippen LogP contribution in [0.1, 0.15) is 16.9 Å². The first kappa shape index (κ1) is 16.1. The maximum Gasteiger partial charge on any atom is 0.354 e. The van der Waals surface area contributed by atoms with Gasteiger partial charge in [0.1, 0.15) is 11.6 Å². The van der Waals surface area contributed by atoms with Crippen molar-refractivity contribution in [2.24, 2.45) is 5.92 Å². The van der Waals surface area contributed by atoms with Gasteiger partial charge in [-0.3, -0.25) is 0 Å². The molecule has 0 saturated carbocycles. The van der Waals surface area contributed by atoms with Gasteiger partial charge in [-0.1, -0.05) is 12.1 Å². The highest BCUT2D eigenvalue weighted by atomic mass is 16.5. The fourth-order valence-electron chi connectivity index (χ4n) is 2.94. The zero-order chi connectivity index (χ0) is 16.9. The summed E-state index contributed by atoms with van der Waals surface area (Å²) in [5, 5.41) is 12.2. The second kappa shape index (κ2) is 7.21. The predicted molar refractivity (Wildman–Crippen MR) is 93.0 cm³/mol. The van der Waals surface area contributed by atoms with Crippen molar-refractivity contribution in [3.05, 3.63) is 48.2 Å². The number of rotatable bonds is 6. The zero-order valence-corrected chi connectivity index (χ0v) is 13.6. The molecule has 1 atom stereocenters. The van der Waals surface area contributed by atoms with Crippen molar-refractivity contribution in [1.29, 1.82) is 0 Å². The number of methoxy groups -OCH3 is 1. The highest BCUT2D eigenvalue weighted by Gasteiger charge is 2.23. The molecule has 1 aliphatic rings. The van der Waals surface area contributed by atoms with Crippen LogP contribution in [0, 0.1) is 5.92 Å². The van der Waals surface area contributed by atoms with Gasteiger partial charge < -0.3 is 20.1 Å². The van der Waals surface area contributed by atoms with Gasteiger partial charge in [0.25, 0.3) is 0 Å². The second-order valence-corrected chi connectivity index (χ2v) is 5.90. The molecule has 0 radical (unpaired) electrons. The van der Waals surface area contributed by atoms with Gasteiger partial charge in [-0.05, 0) is 36.6 Å². The van der Waals surface area contributed by atoms with E-state index in [1.165, 1.54) is 11.8 Å². The molecule has 6 heteroatoms. The smallest absolute Gasteiger partial charge is 0.354 e. The lowest BCUT2D eigenvalue weighted by atomic mass is 10.1. The maximum absolute atomic E-state index is 11.0. The molecule has 1 aliphatic heterocycles. The number of nitrogens with zero attached hydrogens (tertiary/aromatic N) is 2. The van der Waals surface area contributed by atoms with E-state index in [-0.39, 0.29) is 5.69 Å². The first-order chi connectivity index (χ1) is 11.7. The number of aromatic carboxylic acids is 1. The van der Waals surface area contributed by atoms with Gasteiger partial charge in [0.2, 0.25) is 0 Å². The lowest BCUT2D eigenvalue weighted by molar-refractivity contribution is 0.0690. The summed E-state index contributed by atoms with van der Waals surface area (Å²) in [5.41, 5.74) is 1.23. The third kappa shape index (κ3) is 3.76. The van der Waals surface area contributed by atoms with Gasteiger partial charge in [-0.15, -0.1) is 0 Å². The fraction of sp³-hybridized carbons (Fsp3) is 0.333. The third-order valence-corrected chi connectivity index (χ3v) is 4.24. The van der Waals surface area contributed by atoms with Crippen molar-refractivity contribution < 1.29 is 14.6 Å². The van der Waals surface area contributed by atoms with E-state index < -0.39 is 5.97 Å². The molecule has 2 aromatic rings. The second-order valence-electron chi connectivity index (χ2n) is 5.90. The SMILES string of the molecule is COc1cccc(N2CCC(CNc3cccc(C(=O)O)n3)C2)c1. The van der Waals surface area contributed by atoms with Crippen LogP contribution in [0.2, 0.25) is 0 Å². The van der Waals surface area contributed by atoms with Crippen molar-refractivity contribution in [2.75, 3.05) is 37.0 Å². The van der Waals surface area contributed by atoms with Crippen molar-refractivity contribution in [1.82, 2.24) is 4.98 Å². The van der Waals surface area contributed by atoms with E-state index in [2.05, 4.69) is 21.3 Å². The highest BCUT2D eigenvalue weighted by Crippen LogP contribution is 2.27. The minimum atomic E-state index is -1.01. The molecule has 2 N–H and O–H groups in total. The Kier molecular flexibility index (Phi) is 4.84. The van der Waals surface area contributed by atoms with Crippen LogP contribution >= 0.6 is 0 Å². The summed E-state index contributed by atoms with van der Waals surface area (Å²) in [6, 6.07) is 13.1. The molecule has 1 aromatic carbocycles. The van der Waals surface area contributed by atoms with Crippen LogP contribution in [-0.2, 0) is 0 Å². The standard InChI is InChI=1S/C18H21N3O3/c1-24-15-5-2-4-14(10-15)21-9-8-13(12-21)11-19-17-7-3-6-16(20-17)18(22)23/h2-7,10,13H,8-9,11-12H2,1H3,(H,19,20)(H,22,23). The number of carboxylic acids is 1. The normalized spacial score (nSPS) is 16.9. The Morgan fingerprint density at radius 1 is 1.38 bits per heavy atom. The lowest BCUT2D eigenvalue weighted by Gasteiger charge is -2.19. The molecular weight excluding hydrogens is 306 g/mol. The van der Waals surface area contributed by atoms with Gasteiger partial charge >= 0.3 is 5.97 Å². The Hall–Kier alpha value is -2.76. The van der Waals surface area contributed by atoms with E-state index in [1.54, 1.807) is 19.2 Å². The van der Waals surface area contributed by atoms with Gasteiger partial charge in [0, 0.05) is 31.4 Å². The van der Waals surface area contributed by atoms with Gasteiger partial charge in [0.15, 0.2) is 5.69 Å². The lowest BCUT2D eigenvalue weighted by Crippen LogP contribution is -2.22. The van der Waals surface area contributed by atoms with Gasteiger partial charge in [0.05, 0.1) is 7.11 Å². The van der Waals surface area contributed by atoms with Gasteiger partial charge in [-0.2, -0.15) is 0 Å². The molecule has 0 bridgehead atoms. The molecule has 24 heavy (non-hydrogen) atoms. The summed E-state index contributed by atoms with van der Waals surface area (Å²) in [7, 11) is 1.67. The molecule has 2 heterocycles. The Balaban J connectivity index is 1.56. The van der Waals surface area contributed by atoms with Gasteiger partial charge in [-0.25, -0.2) is 9.78 Å². The molecular formula is C18H21N3O3. The number of hydrogen-bond donors (Lipinski definition) is 2. The van der Waals surface area contributed by atoms with Crippen molar-refractivity contribution in [3.63, 3.8) is 0 Å². The summed E-state index contributed by atoms with van der Waals surface area (Å²) in [5.74, 6) is 0.952. The molecule has 126 valence electrons. The number of hydrogen-bond acceptors (Lipinski definition) is 5. The van der Waals surface area contributed by atoms with E-state index in [1.807, 2.05) is 18.2 Å². The molecule has 6 nitrogen and oxygen atoms in total. The summed E-state index contributed by atoms with van der Waals surface area (Å²) in [4.78, 5) is 17.4. The molecule has 1 aromatic heterocycles.